The van der Waals surface area contributed by atoms with Gasteiger partial charge >= 0.3 is 11.9 Å². The molecule has 2 atom stereocenters. The Kier molecular flexibility index (Phi) is 6.22. The van der Waals surface area contributed by atoms with Crippen LogP contribution >= 0.6 is 0 Å². The van der Waals surface area contributed by atoms with Crippen molar-refractivity contribution in [1.82, 2.24) is 0 Å². The van der Waals surface area contributed by atoms with Crippen molar-refractivity contribution < 1.29 is 23.8 Å². The highest BCUT2D eigenvalue weighted by Crippen LogP contribution is 2.32. The van der Waals surface area contributed by atoms with Crippen molar-refractivity contribution in [3.05, 3.63) is 23.8 Å². The van der Waals surface area contributed by atoms with Gasteiger partial charge in [-0.2, -0.15) is 0 Å². The van der Waals surface area contributed by atoms with Crippen LogP contribution in [0.4, 0.5) is 5.69 Å². The normalized spacial score (nSPS) is 13.0. The fourth-order valence-corrected chi connectivity index (χ4v) is 2.28. The molecule has 0 bridgehead atoms. The van der Waals surface area contributed by atoms with E-state index in [2.05, 4.69) is 0 Å². The molecule has 22 heavy (non-hydrogen) atoms. The number of nitrogens with zero attached hydrogens (tertiary/aromatic N) is 1. The smallest absolute Gasteiger partial charge is 0.304 e. The fraction of sp³-hybridized carbons (Fsp3) is 0.500. The van der Waals surface area contributed by atoms with Gasteiger partial charge in [-0.15, -0.1) is 0 Å². The lowest BCUT2D eigenvalue weighted by Crippen LogP contribution is -2.45. The largest absolute Gasteiger partial charge is 0.495 e. The topological polar surface area (TPSA) is 65.1 Å². The molecular formula is C16H23NO5. The predicted molar refractivity (Wildman–Crippen MR) is 82.7 cm³/mol. The average molecular weight is 309 g/mol. The highest BCUT2D eigenvalue weighted by Gasteiger charge is 2.27. The minimum absolute atomic E-state index is 0.417. The molecule has 0 radical (unpaired) electrons. The molecule has 0 fully saturated rings. The third-order valence-corrected chi connectivity index (χ3v) is 3.07. The Balaban J connectivity index is 3.26. The van der Waals surface area contributed by atoms with E-state index in [1.807, 2.05) is 25.1 Å². The van der Waals surface area contributed by atoms with E-state index in [0.717, 1.165) is 5.56 Å². The molecule has 1 aromatic carbocycles. The first-order chi connectivity index (χ1) is 10.3. The van der Waals surface area contributed by atoms with Gasteiger partial charge in [0.2, 0.25) is 0 Å². The van der Waals surface area contributed by atoms with Gasteiger partial charge in [-0.1, -0.05) is 6.07 Å². The molecule has 6 nitrogen and oxygen atoms in total. The summed E-state index contributed by atoms with van der Waals surface area (Å²) in [7, 11) is 1.55. The van der Waals surface area contributed by atoms with Gasteiger partial charge in [0.25, 0.3) is 0 Å². The summed E-state index contributed by atoms with van der Waals surface area (Å²) in [6.45, 7) is 8.03. The van der Waals surface area contributed by atoms with Crippen LogP contribution in [0.25, 0.3) is 0 Å². The average Bonchev–Trinajstić information content (AvgIpc) is 2.37. The number of carbonyl (C=O) groups is 2. The second kappa shape index (κ2) is 7.68. The van der Waals surface area contributed by atoms with Crippen LogP contribution in [0, 0.1) is 6.92 Å². The summed E-state index contributed by atoms with van der Waals surface area (Å²) >= 11 is 0. The molecule has 0 heterocycles. The number of anilines is 1. The van der Waals surface area contributed by atoms with Crippen molar-refractivity contribution in [2.75, 3.05) is 12.0 Å². The Morgan fingerprint density at radius 1 is 1.05 bits per heavy atom. The summed E-state index contributed by atoms with van der Waals surface area (Å²) in [6.07, 6.45) is -1.25. The first-order valence-electron chi connectivity index (χ1n) is 7.03. The van der Waals surface area contributed by atoms with Gasteiger partial charge in [-0.05, 0) is 38.5 Å². The van der Waals surface area contributed by atoms with Crippen LogP contribution in [0.15, 0.2) is 18.2 Å². The van der Waals surface area contributed by atoms with Crippen LogP contribution in [0.3, 0.4) is 0 Å². The van der Waals surface area contributed by atoms with E-state index >= 15 is 0 Å². The molecule has 0 N–H and O–H groups in total. The molecule has 1 rings (SSSR count). The van der Waals surface area contributed by atoms with Crippen LogP contribution in [-0.4, -0.2) is 31.5 Å². The van der Waals surface area contributed by atoms with Crippen LogP contribution in [0.5, 0.6) is 5.75 Å². The number of ether oxygens (including phenoxy) is 3. The summed E-state index contributed by atoms with van der Waals surface area (Å²) < 4.78 is 15.9. The predicted octanol–water partition coefficient (Wildman–Crippen LogP) is 2.63. The molecule has 122 valence electrons. The maximum atomic E-state index is 11.3. The summed E-state index contributed by atoms with van der Waals surface area (Å²) in [6, 6.07) is 5.62. The minimum atomic E-state index is -0.623. The number of methoxy groups -OCH3 is 1. The third-order valence-electron chi connectivity index (χ3n) is 3.07. The lowest BCUT2D eigenvalue weighted by atomic mass is 10.2. The number of benzene rings is 1. The zero-order valence-corrected chi connectivity index (χ0v) is 13.9. The van der Waals surface area contributed by atoms with Crippen LogP contribution in [0.1, 0.15) is 33.3 Å². The van der Waals surface area contributed by atoms with Gasteiger partial charge < -0.3 is 14.2 Å². The third kappa shape index (κ3) is 4.65. The second-order valence-corrected chi connectivity index (χ2v) is 5.00. The van der Waals surface area contributed by atoms with Crippen molar-refractivity contribution in [1.29, 1.82) is 0 Å². The molecule has 0 aromatic heterocycles. The van der Waals surface area contributed by atoms with Gasteiger partial charge in [0.05, 0.1) is 12.8 Å². The molecule has 0 amide bonds. The molecule has 0 saturated carbocycles. The lowest BCUT2D eigenvalue weighted by molar-refractivity contribution is -0.150. The maximum absolute atomic E-state index is 11.3. The molecule has 0 aliphatic heterocycles. The SMILES string of the molecule is COc1ccc(C)cc1N(C(C)OC(C)=O)C(C)OC(C)=O. The Bertz CT molecular complexity index is 521. The maximum Gasteiger partial charge on any atom is 0.304 e. The summed E-state index contributed by atoms with van der Waals surface area (Å²) in [5.74, 6) is -0.234. The second-order valence-electron chi connectivity index (χ2n) is 5.00. The molecule has 0 saturated heterocycles. The Morgan fingerprint density at radius 3 is 1.95 bits per heavy atom. The van der Waals surface area contributed by atoms with Gasteiger partial charge in [-0.3, -0.25) is 14.5 Å². The van der Waals surface area contributed by atoms with Crippen LogP contribution in [-0.2, 0) is 19.1 Å². The number of hydrogen-bond acceptors (Lipinski definition) is 6. The summed E-state index contributed by atoms with van der Waals surface area (Å²) in [5.41, 5.74) is 1.69. The van der Waals surface area contributed by atoms with Gasteiger partial charge in [-0.25, -0.2) is 0 Å². The minimum Gasteiger partial charge on any atom is -0.495 e. The number of carbonyl (C=O) groups excluding carboxylic acids is 2. The fourth-order valence-electron chi connectivity index (χ4n) is 2.28. The number of aryl methyl sites for hydroxylation is 1. The van der Waals surface area contributed by atoms with Gasteiger partial charge in [0, 0.05) is 13.8 Å². The highest BCUT2D eigenvalue weighted by molar-refractivity contribution is 5.69. The molecule has 0 aliphatic rings. The van der Waals surface area contributed by atoms with Crippen LogP contribution < -0.4 is 9.64 Å². The number of esters is 2. The quantitative estimate of drug-likeness (QED) is 0.594. The Hall–Kier alpha value is -2.24. The Labute approximate surface area is 131 Å². The van der Waals surface area contributed by atoms with Crippen molar-refractivity contribution in [2.45, 2.75) is 47.1 Å². The summed E-state index contributed by atoms with van der Waals surface area (Å²) in [4.78, 5) is 24.2. The molecule has 1 aromatic rings. The van der Waals surface area contributed by atoms with E-state index in [4.69, 9.17) is 14.2 Å². The van der Waals surface area contributed by atoms with Gasteiger partial charge in [0.1, 0.15) is 5.75 Å². The van der Waals surface area contributed by atoms with Crippen molar-refractivity contribution in [3.63, 3.8) is 0 Å². The number of rotatable bonds is 6. The first-order valence-corrected chi connectivity index (χ1v) is 7.03. The van der Waals surface area contributed by atoms with E-state index < -0.39 is 24.4 Å². The standard InChI is InChI=1S/C16H23NO5/c1-10-7-8-16(20-6)15(9-10)17(11(2)21-13(4)18)12(3)22-14(5)19/h7-9,11-12H,1-6H3. The lowest BCUT2D eigenvalue weighted by Gasteiger charge is -2.35. The molecular weight excluding hydrogens is 286 g/mol. The van der Waals surface area contributed by atoms with E-state index in [9.17, 15) is 9.59 Å². The van der Waals surface area contributed by atoms with Crippen molar-refractivity contribution in [2.24, 2.45) is 0 Å². The molecule has 6 heteroatoms. The number of hydrogen-bond donors (Lipinski definition) is 0. The first kappa shape index (κ1) is 17.8. The summed E-state index contributed by atoms with van der Waals surface area (Å²) in [5, 5.41) is 0. The molecule has 0 spiro atoms. The zero-order chi connectivity index (χ0) is 16.9. The van der Waals surface area contributed by atoms with Crippen LogP contribution in [0.2, 0.25) is 0 Å². The van der Waals surface area contributed by atoms with E-state index in [0.29, 0.717) is 11.4 Å². The molecule has 2 unspecified atom stereocenters. The zero-order valence-electron chi connectivity index (χ0n) is 13.9. The Morgan fingerprint density at radius 2 is 1.55 bits per heavy atom. The van der Waals surface area contributed by atoms with Crippen molar-refractivity contribution >= 4 is 17.6 Å². The van der Waals surface area contributed by atoms with E-state index in [-0.39, 0.29) is 0 Å². The molecule has 0 aliphatic carbocycles. The van der Waals surface area contributed by atoms with Crippen molar-refractivity contribution in [3.8, 4) is 5.75 Å². The van der Waals surface area contributed by atoms with E-state index in [1.165, 1.54) is 13.8 Å². The monoisotopic (exact) mass is 309 g/mol. The van der Waals surface area contributed by atoms with E-state index in [1.54, 1.807) is 25.9 Å². The van der Waals surface area contributed by atoms with Gasteiger partial charge in [0.15, 0.2) is 12.5 Å². The highest BCUT2D eigenvalue weighted by atomic mass is 16.6.